The minimum atomic E-state index is -0.608. The molecule has 2 heteroatoms. The molecule has 0 aromatic carbocycles. The van der Waals surface area contributed by atoms with Gasteiger partial charge in [-0.25, -0.2) is 4.39 Å². The van der Waals surface area contributed by atoms with E-state index in [1.165, 1.54) is 24.8 Å². The molecule has 0 amide bonds. The van der Waals surface area contributed by atoms with Crippen molar-refractivity contribution in [2.24, 2.45) is 28.6 Å². The van der Waals surface area contributed by atoms with Gasteiger partial charge < -0.3 is 5.11 Å². The summed E-state index contributed by atoms with van der Waals surface area (Å²) in [5.41, 5.74) is 1.82. The summed E-state index contributed by atoms with van der Waals surface area (Å²) in [5.74, 6) is 2.14. The number of rotatable bonds is 0. The van der Waals surface area contributed by atoms with Crippen molar-refractivity contribution in [3.05, 3.63) is 11.6 Å². The summed E-state index contributed by atoms with van der Waals surface area (Å²) in [6.45, 7) is 4.74. The van der Waals surface area contributed by atoms with Gasteiger partial charge in [0.25, 0.3) is 0 Å². The Hall–Kier alpha value is -0.370. The number of fused-ring (bicyclic) bond motifs is 5. The van der Waals surface area contributed by atoms with Gasteiger partial charge in [0.1, 0.15) is 6.17 Å². The second kappa shape index (κ2) is 4.57. The lowest BCUT2D eigenvalue weighted by Crippen LogP contribution is -2.50. The summed E-state index contributed by atoms with van der Waals surface area (Å²) in [5, 5.41) is 10.4. The van der Waals surface area contributed by atoms with E-state index in [4.69, 9.17) is 0 Å². The Bertz CT molecular complexity index is 472. The van der Waals surface area contributed by atoms with E-state index >= 15 is 0 Å². The second-order valence-electron chi connectivity index (χ2n) is 8.74. The van der Waals surface area contributed by atoms with E-state index in [1.54, 1.807) is 0 Å². The summed E-state index contributed by atoms with van der Waals surface area (Å²) >= 11 is 0. The van der Waals surface area contributed by atoms with Crippen LogP contribution in [0.2, 0.25) is 0 Å². The van der Waals surface area contributed by atoms with Gasteiger partial charge in [-0.3, -0.25) is 0 Å². The van der Waals surface area contributed by atoms with E-state index < -0.39 is 6.17 Å². The maximum atomic E-state index is 13.8. The third-order valence-electron chi connectivity index (χ3n) is 7.99. The molecule has 4 aliphatic carbocycles. The molecule has 0 saturated heterocycles. The van der Waals surface area contributed by atoms with Gasteiger partial charge >= 0.3 is 0 Å². The lowest BCUT2D eigenvalue weighted by molar-refractivity contribution is -0.0687. The minimum absolute atomic E-state index is 0.0942. The molecule has 118 valence electrons. The Labute approximate surface area is 128 Å². The largest absolute Gasteiger partial charge is 0.393 e. The molecular formula is C19H29FO. The molecule has 1 nitrogen and oxygen atoms in total. The molecule has 0 aromatic rings. The first-order valence-corrected chi connectivity index (χ1v) is 8.97. The first kappa shape index (κ1) is 14.2. The molecular weight excluding hydrogens is 263 g/mol. The van der Waals surface area contributed by atoms with Gasteiger partial charge in [-0.2, -0.15) is 0 Å². The van der Waals surface area contributed by atoms with Crippen LogP contribution in [-0.2, 0) is 0 Å². The normalized spacial score (nSPS) is 56.2. The molecule has 3 fully saturated rings. The second-order valence-corrected chi connectivity index (χ2v) is 8.74. The molecule has 0 heterocycles. The minimum Gasteiger partial charge on any atom is -0.393 e. The van der Waals surface area contributed by atoms with Crippen molar-refractivity contribution < 1.29 is 9.50 Å². The Balaban J connectivity index is 1.68. The smallest absolute Gasteiger partial charge is 0.104 e. The Kier molecular flexibility index (Phi) is 3.10. The van der Waals surface area contributed by atoms with E-state index in [-0.39, 0.29) is 16.9 Å². The molecule has 0 radical (unpaired) electrons. The van der Waals surface area contributed by atoms with E-state index in [2.05, 4.69) is 19.9 Å². The maximum absolute atomic E-state index is 13.8. The maximum Gasteiger partial charge on any atom is 0.104 e. The highest BCUT2D eigenvalue weighted by atomic mass is 19.1. The third-order valence-corrected chi connectivity index (χ3v) is 7.99. The predicted octanol–water partition coefficient (Wildman–Crippen LogP) is 4.65. The molecule has 0 bridgehead atoms. The Morgan fingerprint density at radius 2 is 1.90 bits per heavy atom. The molecule has 0 aliphatic heterocycles. The molecule has 1 N–H and O–H groups in total. The average molecular weight is 292 g/mol. The van der Waals surface area contributed by atoms with Crippen molar-refractivity contribution in [1.82, 2.24) is 0 Å². The Morgan fingerprint density at radius 3 is 2.71 bits per heavy atom. The van der Waals surface area contributed by atoms with Crippen LogP contribution >= 0.6 is 0 Å². The van der Waals surface area contributed by atoms with Crippen molar-refractivity contribution in [2.75, 3.05) is 0 Å². The van der Waals surface area contributed by atoms with Crippen LogP contribution in [0.3, 0.4) is 0 Å². The summed E-state index contributed by atoms with van der Waals surface area (Å²) in [6, 6.07) is 0. The van der Waals surface area contributed by atoms with Gasteiger partial charge in [0, 0.05) is 6.42 Å². The average Bonchev–Trinajstić information content (AvgIpc) is 2.76. The van der Waals surface area contributed by atoms with Gasteiger partial charge in [0.05, 0.1) is 6.10 Å². The number of aliphatic hydroxyl groups excluding tert-OH is 1. The number of hydrogen-bond donors (Lipinski definition) is 1. The molecule has 4 aliphatic rings. The fraction of sp³-hybridized carbons (Fsp3) is 0.895. The van der Waals surface area contributed by atoms with E-state index in [0.717, 1.165) is 37.5 Å². The van der Waals surface area contributed by atoms with Crippen LogP contribution in [0.5, 0.6) is 0 Å². The fourth-order valence-electron chi connectivity index (χ4n) is 6.59. The van der Waals surface area contributed by atoms with Crippen molar-refractivity contribution >= 4 is 0 Å². The molecule has 4 rings (SSSR count). The predicted molar refractivity (Wildman–Crippen MR) is 82.6 cm³/mol. The lowest BCUT2D eigenvalue weighted by atomic mass is 9.48. The summed E-state index contributed by atoms with van der Waals surface area (Å²) in [6.07, 6.45) is 9.89. The fourth-order valence-corrected chi connectivity index (χ4v) is 6.59. The van der Waals surface area contributed by atoms with Crippen LogP contribution in [-0.4, -0.2) is 17.4 Å². The van der Waals surface area contributed by atoms with Crippen molar-refractivity contribution in [3.63, 3.8) is 0 Å². The number of allylic oxidation sites excluding steroid dienone is 2. The van der Waals surface area contributed by atoms with Gasteiger partial charge in [-0.15, -0.1) is 0 Å². The standard InChI is InChI=1S/C19H29FO/c1-18-9-7-13(20)11-12(18)3-4-14-15-5-6-17(21)19(15,2)10-8-16(14)18/h3,13-17,21H,4-11H2,1-2H3/t13-,14+,15+,16+,17+,18+,19+/m1/s1. The Morgan fingerprint density at radius 1 is 1.10 bits per heavy atom. The molecule has 0 aromatic heterocycles. The quantitative estimate of drug-likeness (QED) is 0.644. The van der Waals surface area contributed by atoms with Crippen LogP contribution in [0.4, 0.5) is 4.39 Å². The van der Waals surface area contributed by atoms with Crippen LogP contribution in [0.25, 0.3) is 0 Å². The first-order valence-electron chi connectivity index (χ1n) is 8.97. The highest BCUT2D eigenvalue weighted by Gasteiger charge is 2.58. The van der Waals surface area contributed by atoms with Crippen molar-refractivity contribution in [2.45, 2.75) is 77.5 Å². The van der Waals surface area contributed by atoms with Gasteiger partial charge in [0.2, 0.25) is 0 Å². The summed E-state index contributed by atoms with van der Waals surface area (Å²) < 4.78 is 13.8. The SMILES string of the molecule is C[C@]12CC[C@H]3[C@@H](CC=C4C[C@H](F)CC[C@@]43C)[C@@H]1CC[C@@H]2O. The lowest BCUT2D eigenvalue weighted by Gasteiger charge is -2.57. The monoisotopic (exact) mass is 292 g/mol. The van der Waals surface area contributed by atoms with Crippen molar-refractivity contribution in [3.8, 4) is 0 Å². The number of halogens is 1. The topological polar surface area (TPSA) is 20.2 Å². The van der Waals surface area contributed by atoms with Crippen LogP contribution in [0.1, 0.15) is 65.2 Å². The first-order chi connectivity index (χ1) is 9.95. The van der Waals surface area contributed by atoms with Gasteiger partial charge in [-0.05, 0) is 73.5 Å². The highest BCUT2D eigenvalue weighted by Crippen LogP contribution is 2.64. The highest BCUT2D eigenvalue weighted by molar-refractivity contribution is 5.25. The summed E-state index contributed by atoms with van der Waals surface area (Å²) in [7, 11) is 0. The molecule has 21 heavy (non-hydrogen) atoms. The number of hydrogen-bond acceptors (Lipinski definition) is 1. The molecule has 7 atom stereocenters. The zero-order valence-electron chi connectivity index (χ0n) is 13.4. The number of alkyl halides is 1. The van der Waals surface area contributed by atoms with Crippen LogP contribution < -0.4 is 0 Å². The summed E-state index contributed by atoms with van der Waals surface area (Å²) in [4.78, 5) is 0. The third kappa shape index (κ3) is 1.84. The van der Waals surface area contributed by atoms with Crippen LogP contribution in [0.15, 0.2) is 11.6 Å². The number of aliphatic hydroxyl groups is 1. The van der Waals surface area contributed by atoms with Crippen LogP contribution in [0, 0.1) is 28.6 Å². The molecule has 0 unspecified atom stereocenters. The molecule has 0 spiro atoms. The van der Waals surface area contributed by atoms with Gasteiger partial charge in [-0.1, -0.05) is 25.5 Å². The molecule has 3 saturated carbocycles. The van der Waals surface area contributed by atoms with E-state index in [1.807, 2.05) is 0 Å². The zero-order chi connectivity index (χ0) is 14.8. The van der Waals surface area contributed by atoms with Gasteiger partial charge in [0.15, 0.2) is 0 Å². The van der Waals surface area contributed by atoms with Crippen molar-refractivity contribution in [1.29, 1.82) is 0 Å². The van der Waals surface area contributed by atoms with E-state index in [0.29, 0.717) is 12.3 Å². The van der Waals surface area contributed by atoms with E-state index in [9.17, 15) is 9.50 Å². The zero-order valence-corrected chi connectivity index (χ0v) is 13.4.